The molecule has 3 aromatic rings. The number of aromatic nitrogens is 4. The van der Waals surface area contributed by atoms with Crippen LogP contribution in [0, 0.1) is 0 Å². The van der Waals surface area contributed by atoms with Gasteiger partial charge in [-0.15, -0.1) is 0 Å². The molecule has 0 radical (unpaired) electrons. The van der Waals surface area contributed by atoms with Gasteiger partial charge in [0.05, 0.1) is 39.7 Å². The molecule has 4 rings (SSSR count). The van der Waals surface area contributed by atoms with E-state index in [1.807, 2.05) is 41.0 Å². The predicted octanol–water partition coefficient (Wildman–Crippen LogP) is 3.36. The Labute approximate surface area is 272 Å². The highest BCUT2D eigenvalue weighted by Gasteiger charge is 2.17. The lowest BCUT2D eigenvalue weighted by atomic mass is 10.1. The molecular formula is C33H51N7O6. The molecule has 0 saturated carbocycles. The van der Waals surface area contributed by atoms with E-state index in [0.717, 1.165) is 54.5 Å². The fraction of sp³-hybridized carbons (Fsp3) is 0.576. The summed E-state index contributed by atoms with van der Waals surface area (Å²) in [5, 5.41) is 15.7. The van der Waals surface area contributed by atoms with Crippen molar-refractivity contribution < 1.29 is 28.8 Å². The highest BCUT2D eigenvalue weighted by molar-refractivity contribution is 5.81. The fourth-order valence-corrected chi connectivity index (χ4v) is 4.69. The Morgan fingerprint density at radius 1 is 1.07 bits per heavy atom. The van der Waals surface area contributed by atoms with Crippen molar-refractivity contribution in [2.75, 3.05) is 90.2 Å². The maximum Gasteiger partial charge on any atom is 0.330 e. The molecule has 1 aliphatic rings. The van der Waals surface area contributed by atoms with Gasteiger partial charge in [-0.05, 0) is 45.2 Å². The van der Waals surface area contributed by atoms with Crippen LogP contribution in [0.1, 0.15) is 44.2 Å². The number of rotatable bonds is 18. The van der Waals surface area contributed by atoms with Crippen LogP contribution in [0.25, 0.3) is 5.65 Å². The van der Waals surface area contributed by atoms with Crippen molar-refractivity contribution in [3.63, 3.8) is 0 Å². The zero-order chi connectivity index (χ0) is 33.0. The first kappa shape index (κ1) is 36.7. The van der Waals surface area contributed by atoms with Crippen molar-refractivity contribution in [2.45, 2.75) is 46.1 Å². The Bertz CT molecular complexity index is 1310. The first-order chi connectivity index (χ1) is 22.5. The maximum atomic E-state index is 11.1. The van der Waals surface area contributed by atoms with E-state index < -0.39 is 0 Å². The van der Waals surface area contributed by atoms with Gasteiger partial charge in [-0.25, -0.2) is 14.8 Å². The van der Waals surface area contributed by atoms with Crippen molar-refractivity contribution in [3.05, 3.63) is 53.9 Å². The van der Waals surface area contributed by atoms with Gasteiger partial charge in [0, 0.05) is 69.3 Å². The van der Waals surface area contributed by atoms with Crippen LogP contribution in [0.3, 0.4) is 0 Å². The molecule has 0 unspecified atom stereocenters. The summed E-state index contributed by atoms with van der Waals surface area (Å²) in [7, 11) is 3.32. The van der Waals surface area contributed by atoms with Crippen molar-refractivity contribution >= 4 is 23.3 Å². The molecule has 13 heteroatoms. The first-order valence-electron chi connectivity index (χ1n) is 16.1. The normalized spacial score (nSPS) is 13.2. The Morgan fingerprint density at radius 2 is 1.80 bits per heavy atom. The number of aryl methyl sites for hydroxylation is 1. The van der Waals surface area contributed by atoms with Gasteiger partial charge in [0.1, 0.15) is 18.2 Å². The van der Waals surface area contributed by atoms with E-state index in [0.29, 0.717) is 52.0 Å². The molecule has 0 spiro atoms. The van der Waals surface area contributed by atoms with Crippen LogP contribution in [-0.2, 0) is 32.0 Å². The number of pyridine rings is 1. The summed E-state index contributed by atoms with van der Waals surface area (Å²) in [6.07, 6.45) is 11.5. The molecule has 0 amide bonds. The molecule has 3 aromatic heterocycles. The molecule has 0 aliphatic carbocycles. The highest BCUT2D eigenvalue weighted by atomic mass is 16.5. The summed E-state index contributed by atoms with van der Waals surface area (Å²) >= 11 is 0. The van der Waals surface area contributed by atoms with Gasteiger partial charge in [0.15, 0.2) is 5.65 Å². The topological polar surface area (TPSA) is 136 Å². The van der Waals surface area contributed by atoms with Crippen LogP contribution in [-0.4, -0.2) is 116 Å². The molecule has 254 valence electrons. The van der Waals surface area contributed by atoms with E-state index in [1.54, 1.807) is 13.0 Å². The standard InChI is InChI=1S/C31H45N7O5.C2H6O/c1-4-26-24-34-38-27(21-28(35-31(26)38)37-13-6-5-7-14-37)32-22-25-10-11-29(33-23-25)43-20-19-42-18-17-41-16-15-36(2)12-8-9-30(39)40-3;1-2-3/h8-11,21,23-24,32H,4-7,12-20,22H2,1-3H3;3H,2H2,1H3/b9-8+;. The number of methoxy groups -OCH3 is 1. The van der Waals surface area contributed by atoms with Gasteiger partial charge < -0.3 is 39.2 Å². The minimum Gasteiger partial charge on any atom is -0.475 e. The van der Waals surface area contributed by atoms with Crippen molar-refractivity contribution in [3.8, 4) is 5.88 Å². The molecule has 0 bridgehead atoms. The molecule has 2 N–H and O–H groups in total. The second-order valence-corrected chi connectivity index (χ2v) is 10.7. The van der Waals surface area contributed by atoms with Crippen LogP contribution in [0.15, 0.2) is 42.7 Å². The number of esters is 1. The lowest BCUT2D eigenvalue weighted by Crippen LogP contribution is -2.30. The number of likely N-dealkylation sites (N-methyl/N-ethyl adjacent to an activating group) is 1. The largest absolute Gasteiger partial charge is 0.475 e. The van der Waals surface area contributed by atoms with Crippen LogP contribution in [0.4, 0.5) is 11.6 Å². The second-order valence-electron chi connectivity index (χ2n) is 10.7. The molecule has 4 heterocycles. The summed E-state index contributed by atoms with van der Waals surface area (Å²) < 4.78 is 23.4. The van der Waals surface area contributed by atoms with Crippen molar-refractivity contribution in [1.29, 1.82) is 0 Å². The number of aliphatic hydroxyl groups is 1. The summed E-state index contributed by atoms with van der Waals surface area (Å²) in [6, 6.07) is 5.99. The molecule has 13 nitrogen and oxygen atoms in total. The van der Waals surface area contributed by atoms with Crippen molar-refractivity contribution in [2.24, 2.45) is 0 Å². The summed E-state index contributed by atoms with van der Waals surface area (Å²) in [4.78, 5) is 24.9. The fourth-order valence-electron chi connectivity index (χ4n) is 4.69. The average molecular weight is 642 g/mol. The van der Waals surface area contributed by atoms with E-state index in [1.165, 1.54) is 32.4 Å². The molecule has 0 aromatic carbocycles. The van der Waals surface area contributed by atoms with E-state index in [-0.39, 0.29) is 12.6 Å². The monoisotopic (exact) mass is 641 g/mol. The Morgan fingerprint density at radius 3 is 2.50 bits per heavy atom. The predicted molar refractivity (Wildman–Crippen MR) is 179 cm³/mol. The van der Waals surface area contributed by atoms with E-state index in [4.69, 9.17) is 24.3 Å². The molecule has 0 atom stereocenters. The Kier molecular flexibility index (Phi) is 16.8. The number of carbonyl (C=O) groups is 1. The number of piperidine rings is 1. The van der Waals surface area contributed by atoms with E-state index >= 15 is 0 Å². The van der Waals surface area contributed by atoms with Crippen LogP contribution >= 0.6 is 0 Å². The number of hydrogen-bond acceptors (Lipinski definition) is 12. The third-order valence-electron chi connectivity index (χ3n) is 7.20. The number of ether oxygens (including phenoxy) is 4. The quantitative estimate of drug-likeness (QED) is 0.120. The number of aliphatic hydroxyl groups excluding tert-OH is 1. The lowest BCUT2D eigenvalue weighted by molar-refractivity contribution is -0.134. The molecule has 1 aliphatic heterocycles. The van der Waals surface area contributed by atoms with Gasteiger partial charge in [-0.1, -0.05) is 19.1 Å². The third kappa shape index (κ3) is 12.5. The number of nitrogens with zero attached hydrogens (tertiary/aromatic N) is 6. The van der Waals surface area contributed by atoms with E-state index in [9.17, 15) is 4.79 Å². The maximum absolute atomic E-state index is 11.1. The van der Waals surface area contributed by atoms with E-state index in [2.05, 4.69) is 38.0 Å². The molecule has 46 heavy (non-hydrogen) atoms. The van der Waals surface area contributed by atoms with Crippen LogP contribution in [0.5, 0.6) is 5.88 Å². The molecule has 1 saturated heterocycles. The van der Waals surface area contributed by atoms with Gasteiger partial charge in [0.25, 0.3) is 0 Å². The minimum absolute atomic E-state index is 0.250. The molecule has 1 fully saturated rings. The van der Waals surface area contributed by atoms with Crippen LogP contribution < -0.4 is 15.0 Å². The minimum atomic E-state index is -0.351. The van der Waals surface area contributed by atoms with Gasteiger partial charge in [-0.3, -0.25) is 0 Å². The number of carbonyl (C=O) groups excluding carboxylic acids is 1. The van der Waals surface area contributed by atoms with Crippen molar-refractivity contribution in [1.82, 2.24) is 24.5 Å². The number of anilines is 2. The number of nitrogens with one attached hydrogen (secondary N) is 1. The van der Waals surface area contributed by atoms with Gasteiger partial charge in [-0.2, -0.15) is 9.61 Å². The van der Waals surface area contributed by atoms with Gasteiger partial charge in [0.2, 0.25) is 5.88 Å². The Balaban J connectivity index is 0.00000185. The first-order valence-corrected chi connectivity index (χ1v) is 16.1. The lowest BCUT2D eigenvalue weighted by Gasteiger charge is -2.28. The smallest absolute Gasteiger partial charge is 0.330 e. The third-order valence-corrected chi connectivity index (χ3v) is 7.20. The zero-order valence-corrected chi connectivity index (χ0v) is 27.8. The highest BCUT2D eigenvalue weighted by Crippen LogP contribution is 2.25. The van der Waals surface area contributed by atoms with Gasteiger partial charge >= 0.3 is 5.97 Å². The summed E-state index contributed by atoms with van der Waals surface area (Å²) in [5.74, 6) is 2.14. The van der Waals surface area contributed by atoms with Crippen LogP contribution in [0.2, 0.25) is 0 Å². The molecular weight excluding hydrogens is 590 g/mol. The number of fused-ring (bicyclic) bond motifs is 1. The summed E-state index contributed by atoms with van der Waals surface area (Å²) in [6.45, 7) is 10.6. The number of hydrogen-bond donors (Lipinski definition) is 2. The summed E-state index contributed by atoms with van der Waals surface area (Å²) in [5.41, 5.74) is 3.10. The average Bonchev–Trinajstić information content (AvgIpc) is 3.51. The SMILES string of the molecule is CCO.CCc1cnn2c(NCc3ccc(OCCOCCOCCN(C)C/C=C/C(=O)OC)nc3)cc(N3CCCCC3)nc12. The zero-order valence-electron chi connectivity index (χ0n) is 27.8. The Hall–Kier alpha value is -3.78. The second kappa shape index (κ2) is 21.1.